The molecule has 0 bridgehead atoms. The Morgan fingerprint density at radius 3 is 2.55 bits per heavy atom. The number of benzene rings is 2. The Labute approximate surface area is 231 Å². The van der Waals surface area contributed by atoms with Gasteiger partial charge < -0.3 is 15.8 Å². The second-order valence-corrected chi connectivity index (χ2v) is 10.8. The first-order chi connectivity index (χ1) is 18.9. The molecule has 2 heterocycles. The number of hydrogen-bond donors (Lipinski definition) is 4. The van der Waals surface area contributed by atoms with Crippen LogP contribution in [0.4, 0.5) is 30.5 Å². The van der Waals surface area contributed by atoms with E-state index in [0.29, 0.717) is 16.1 Å². The summed E-state index contributed by atoms with van der Waals surface area (Å²) in [7, 11) is -3.67. The molecule has 0 aliphatic rings. The summed E-state index contributed by atoms with van der Waals surface area (Å²) in [6.07, 6.45) is -4.67. The largest absolute Gasteiger partial charge is 0.487 e. The predicted octanol–water partition coefficient (Wildman–Crippen LogP) is 5.33. The number of nitrogens with two attached hydrogens (primary N) is 1. The number of ether oxygens (including phenoxy) is 1. The van der Waals surface area contributed by atoms with Crippen molar-refractivity contribution in [3.05, 3.63) is 82.5 Å². The number of H-pyrrole nitrogens is 1. The third-order valence-corrected chi connectivity index (χ3v) is 7.02. The molecule has 0 aliphatic heterocycles. The molecule has 0 radical (unpaired) electrons. The normalized spacial score (nSPS) is 11.7. The van der Waals surface area contributed by atoms with Gasteiger partial charge >= 0.3 is 6.18 Å². The Kier molecular flexibility index (Phi) is 8.21. The van der Waals surface area contributed by atoms with Gasteiger partial charge in [0.1, 0.15) is 40.9 Å². The quantitative estimate of drug-likeness (QED) is 0.194. The Morgan fingerprint density at radius 2 is 1.88 bits per heavy atom. The fourth-order valence-electron chi connectivity index (χ4n) is 3.57. The van der Waals surface area contributed by atoms with Gasteiger partial charge in [-0.25, -0.2) is 13.4 Å². The van der Waals surface area contributed by atoms with Gasteiger partial charge in [-0.1, -0.05) is 35.9 Å². The van der Waals surface area contributed by atoms with Crippen LogP contribution in [-0.2, 0) is 22.8 Å². The molecule has 0 aliphatic carbocycles. The van der Waals surface area contributed by atoms with Crippen LogP contribution in [0.3, 0.4) is 0 Å². The van der Waals surface area contributed by atoms with Crippen LogP contribution in [-0.4, -0.2) is 35.3 Å². The Hall–Kier alpha value is -4.30. The lowest BCUT2D eigenvalue weighted by molar-refractivity contribution is -0.141. The highest BCUT2D eigenvalue weighted by molar-refractivity contribution is 7.92. The smallest absolute Gasteiger partial charge is 0.433 e. The van der Waals surface area contributed by atoms with Gasteiger partial charge in [-0.05, 0) is 48.9 Å². The number of hydrogen-bond acceptors (Lipinski definition) is 7. The van der Waals surface area contributed by atoms with Crippen LogP contribution in [0.2, 0.25) is 5.02 Å². The van der Waals surface area contributed by atoms with Crippen molar-refractivity contribution >= 4 is 44.9 Å². The maximum Gasteiger partial charge on any atom is 0.433 e. The molecule has 4 rings (SSSR count). The maximum atomic E-state index is 13.1. The molecule has 0 fully saturated rings. The summed E-state index contributed by atoms with van der Waals surface area (Å²) in [5.41, 5.74) is 5.48. The van der Waals surface area contributed by atoms with Crippen molar-refractivity contribution in [3.63, 3.8) is 0 Å². The number of carbonyl (C=O) groups excluding carboxylic acids is 1. The van der Waals surface area contributed by atoms with Crippen molar-refractivity contribution in [3.8, 4) is 17.0 Å². The molecule has 0 atom stereocenters. The number of pyridine rings is 1. The van der Waals surface area contributed by atoms with E-state index in [1.54, 1.807) is 24.3 Å². The first-order valence-electron chi connectivity index (χ1n) is 11.6. The van der Waals surface area contributed by atoms with Gasteiger partial charge in [-0.2, -0.15) is 18.3 Å². The minimum atomic E-state index is -4.67. The van der Waals surface area contributed by atoms with Crippen LogP contribution in [0.25, 0.3) is 11.3 Å². The van der Waals surface area contributed by atoms with Gasteiger partial charge in [0.25, 0.3) is 5.91 Å². The van der Waals surface area contributed by atoms with Crippen LogP contribution in [0.1, 0.15) is 28.5 Å². The first kappa shape index (κ1) is 28.7. The van der Waals surface area contributed by atoms with Crippen LogP contribution in [0.5, 0.6) is 5.75 Å². The number of sulfonamides is 1. The molecule has 2 aromatic carbocycles. The maximum absolute atomic E-state index is 13.1. The van der Waals surface area contributed by atoms with Crippen LogP contribution in [0, 0.1) is 0 Å². The van der Waals surface area contributed by atoms with E-state index in [2.05, 4.69) is 25.2 Å². The van der Waals surface area contributed by atoms with Crippen molar-refractivity contribution in [2.24, 2.45) is 5.73 Å². The zero-order valence-corrected chi connectivity index (χ0v) is 22.3. The molecule has 2 aromatic heterocycles. The van der Waals surface area contributed by atoms with E-state index in [4.69, 9.17) is 22.1 Å². The molecule has 15 heteroatoms. The number of halogens is 4. The first-order valence-corrected chi connectivity index (χ1v) is 13.6. The van der Waals surface area contributed by atoms with Crippen molar-refractivity contribution < 1.29 is 31.1 Å². The van der Waals surface area contributed by atoms with E-state index < -0.39 is 27.8 Å². The lowest BCUT2D eigenvalue weighted by Crippen LogP contribution is -2.16. The average molecular weight is 595 g/mol. The SMILES string of the molecule is CCS(=O)(=O)Nc1ccc(-c2n[nH]c(Nc3cccc(C(F)(F)F)n3)c2C(N)=O)cc1OCc1cccc(Cl)c1. The van der Waals surface area contributed by atoms with Crippen molar-refractivity contribution in [2.75, 3.05) is 15.8 Å². The van der Waals surface area contributed by atoms with E-state index in [0.717, 1.165) is 12.1 Å². The molecule has 1 amide bonds. The topological polar surface area (TPSA) is 152 Å². The van der Waals surface area contributed by atoms with E-state index in [9.17, 15) is 26.4 Å². The molecule has 10 nitrogen and oxygen atoms in total. The van der Waals surface area contributed by atoms with Gasteiger partial charge in [0, 0.05) is 10.6 Å². The molecular formula is C25H22ClF3N6O4S. The van der Waals surface area contributed by atoms with E-state index >= 15 is 0 Å². The molecule has 5 N–H and O–H groups in total. The Bertz CT molecular complexity index is 1660. The Morgan fingerprint density at radius 1 is 1.12 bits per heavy atom. The number of nitrogens with one attached hydrogen (secondary N) is 3. The van der Waals surface area contributed by atoms with Crippen LogP contribution >= 0.6 is 11.6 Å². The highest BCUT2D eigenvalue weighted by Crippen LogP contribution is 2.35. The minimum absolute atomic E-state index is 0.0299. The van der Waals surface area contributed by atoms with Crippen molar-refractivity contribution in [1.82, 2.24) is 15.2 Å². The number of anilines is 3. The van der Waals surface area contributed by atoms with E-state index in [1.807, 2.05) is 0 Å². The zero-order chi connectivity index (χ0) is 29.1. The summed E-state index contributed by atoms with van der Waals surface area (Å²) < 4.78 is 72.1. The Balaban J connectivity index is 1.72. The standard InChI is InChI=1S/C25H22ClF3N6O4S/c1-2-40(37,38)35-17-10-9-15(12-18(17)39-13-14-5-3-6-16(26)11-14)22-21(23(30)36)24(34-33-22)32-20-8-4-7-19(31-20)25(27,28)29/h3-12,35H,2,13H2,1H3,(H2,30,36)(H2,31,32,33,34). The molecule has 4 aromatic rings. The number of amides is 1. The lowest BCUT2D eigenvalue weighted by atomic mass is 10.1. The second-order valence-electron chi connectivity index (χ2n) is 8.35. The number of carbonyl (C=O) groups is 1. The third kappa shape index (κ3) is 6.82. The lowest BCUT2D eigenvalue weighted by Gasteiger charge is -2.15. The zero-order valence-electron chi connectivity index (χ0n) is 20.7. The number of alkyl halides is 3. The highest BCUT2D eigenvalue weighted by atomic mass is 35.5. The van der Waals surface area contributed by atoms with Gasteiger partial charge in [-0.3, -0.25) is 14.6 Å². The van der Waals surface area contributed by atoms with Crippen LogP contribution in [0.15, 0.2) is 60.7 Å². The van der Waals surface area contributed by atoms with Gasteiger partial charge in [0.2, 0.25) is 10.0 Å². The van der Waals surface area contributed by atoms with Gasteiger partial charge in [-0.15, -0.1) is 0 Å². The molecule has 0 spiro atoms. The second kappa shape index (κ2) is 11.4. The van der Waals surface area contributed by atoms with E-state index in [1.165, 1.54) is 31.2 Å². The van der Waals surface area contributed by atoms with E-state index in [-0.39, 0.29) is 46.7 Å². The molecular weight excluding hydrogens is 573 g/mol. The summed E-state index contributed by atoms with van der Waals surface area (Å²) in [6, 6.07) is 14.5. The number of primary amides is 1. The number of nitrogens with zero attached hydrogens (tertiary/aromatic N) is 2. The molecule has 0 unspecified atom stereocenters. The number of aromatic nitrogens is 3. The fourth-order valence-corrected chi connectivity index (χ4v) is 4.43. The predicted molar refractivity (Wildman–Crippen MR) is 144 cm³/mol. The van der Waals surface area contributed by atoms with Crippen molar-refractivity contribution in [1.29, 1.82) is 0 Å². The molecule has 210 valence electrons. The summed E-state index contributed by atoms with van der Waals surface area (Å²) in [5.74, 6) is -1.31. The average Bonchev–Trinajstić information content (AvgIpc) is 3.31. The monoisotopic (exact) mass is 594 g/mol. The summed E-state index contributed by atoms with van der Waals surface area (Å²) in [4.78, 5) is 15.9. The minimum Gasteiger partial charge on any atom is -0.487 e. The molecule has 0 saturated carbocycles. The highest BCUT2D eigenvalue weighted by Gasteiger charge is 2.32. The molecule has 40 heavy (non-hydrogen) atoms. The summed E-state index contributed by atoms with van der Waals surface area (Å²) in [5, 5.41) is 9.77. The summed E-state index contributed by atoms with van der Waals surface area (Å²) in [6.45, 7) is 1.50. The summed E-state index contributed by atoms with van der Waals surface area (Å²) >= 11 is 6.04. The van der Waals surface area contributed by atoms with Crippen molar-refractivity contribution in [2.45, 2.75) is 19.7 Å². The third-order valence-electron chi connectivity index (χ3n) is 5.49. The number of aromatic amines is 1. The molecule has 0 saturated heterocycles. The number of rotatable bonds is 10. The van der Waals surface area contributed by atoms with Crippen LogP contribution < -0.4 is 20.5 Å². The van der Waals surface area contributed by atoms with Gasteiger partial charge in [0.05, 0.1) is 11.4 Å². The fraction of sp³-hybridized carbons (Fsp3) is 0.160. The van der Waals surface area contributed by atoms with Gasteiger partial charge in [0.15, 0.2) is 0 Å².